The number of rotatable bonds is 8. The Morgan fingerprint density at radius 1 is 0.907 bits per heavy atom. The average Bonchev–Trinajstić information content (AvgIpc) is 3.04. The molecule has 0 saturated carbocycles. The summed E-state index contributed by atoms with van der Waals surface area (Å²) in [6.45, 7) is 0.431. The number of anilines is 1. The van der Waals surface area contributed by atoms with E-state index in [1.165, 1.54) is 0 Å². The predicted molar refractivity (Wildman–Crippen MR) is 167 cm³/mol. The standard InChI is InChI=1S/C34H32N3O6/c1-41-28-9-5-7-24-32(28)36-31-23(33(24)38)6-4-8-25(31)34(39)35-22-13-10-20(11-14-22)12-15-27-26-19-30(43-3)29(42-2)18-21(26)16-17-37(27)40/h4-11,13-14,18-19,27H,12,15-17H2,1-3H3,(H,35,39)(H,36,38)/q-1. The number of ether oxygens (including phenoxy) is 3. The van der Waals surface area contributed by atoms with Crippen LogP contribution in [0.15, 0.2) is 77.6 Å². The van der Waals surface area contributed by atoms with Gasteiger partial charge in [-0.3, -0.25) is 9.59 Å². The number of methoxy groups -OCH3 is 3. The van der Waals surface area contributed by atoms with Gasteiger partial charge in [0.15, 0.2) is 16.9 Å². The van der Waals surface area contributed by atoms with E-state index in [0.717, 1.165) is 21.8 Å². The van der Waals surface area contributed by atoms with Gasteiger partial charge in [-0.15, -0.1) is 0 Å². The van der Waals surface area contributed by atoms with Crippen molar-refractivity contribution in [2.45, 2.75) is 25.3 Å². The van der Waals surface area contributed by atoms with Gasteiger partial charge in [-0.1, -0.05) is 24.3 Å². The van der Waals surface area contributed by atoms with Crippen LogP contribution in [0.3, 0.4) is 0 Å². The average molecular weight is 579 g/mol. The van der Waals surface area contributed by atoms with Gasteiger partial charge < -0.3 is 34.8 Å². The van der Waals surface area contributed by atoms with E-state index in [-0.39, 0.29) is 17.4 Å². The van der Waals surface area contributed by atoms with Crippen LogP contribution in [-0.4, -0.2) is 43.8 Å². The summed E-state index contributed by atoms with van der Waals surface area (Å²) in [5.41, 5.74) is 4.92. The van der Waals surface area contributed by atoms with Crippen molar-refractivity contribution in [1.29, 1.82) is 0 Å². The molecule has 0 saturated heterocycles. The lowest BCUT2D eigenvalue weighted by atomic mass is 9.89. The maximum Gasteiger partial charge on any atom is 0.257 e. The number of nitrogens with one attached hydrogen (secondary N) is 2. The number of para-hydroxylation sites is 2. The van der Waals surface area contributed by atoms with E-state index >= 15 is 0 Å². The third kappa shape index (κ3) is 5.29. The summed E-state index contributed by atoms with van der Waals surface area (Å²) in [4.78, 5) is 29.8. The molecular formula is C34H32N3O6-. The van der Waals surface area contributed by atoms with Gasteiger partial charge >= 0.3 is 0 Å². The first kappa shape index (κ1) is 28.3. The van der Waals surface area contributed by atoms with Crippen LogP contribution in [0.25, 0.3) is 21.8 Å². The van der Waals surface area contributed by atoms with E-state index in [1.54, 1.807) is 57.7 Å². The first-order valence-corrected chi connectivity index (χ1v) is 14.1. The van der Waals surface area contributed by atoms with Gasteiger partial charge in [-0.05, 0) is 91.0 Å². The van der Waals surface area contributed by atoms with Crippen molar-refractivity contribution in [2.75, 3.05) is 33.2 Å². The Balaban J connectivity index is 1.19. The fourth-order valence-electron chi connectivity index (χ4n) is 5.92. The van der Waals surface area contributed by atoms with Gasteiger partial charge in [-0.2, -0.15) is 0 Å². The quantitative estimate of drug-likeness (QED) is 0.217. The van der Waals surface area contributed by atoms with Crippen molar-refractivity contribution in [2.24, 2.45) is 0 Å². The number of carbonyl (C=O) groups excluding carboxylic acids is 1. The number of hydrogen-bond donors (Lipinski definition) is 2. The lowest BCUT2D eigenvalue weighted by Crippen LogP contribution is -2.31. The maximum atomic E-state index is 13.4. The summed E-state index contributed by atoms with van der Waals surface area (Å²) in [6.07, 6.45) is 1.99. The molecule has 5 aromatic rings. The van der Waals surface area contributed by atoms with Crippen molar-refractivity contribution in [1.82, 2.24) is 10.0 Å². The highest BCUT2D eigenvalue weighted by Gasteiger charge is 2.24. The molecule has 2 heterocycles. The lowest BCUT2D eigenvalue weighted by Gasteiger charge is -2.42. The van der Waals surface area contributed by atoms with E-state index in [9.17, 15) is 14.8 Å². The fraction of sp³-hybridized carbons (Fsp3) is 0.235. The van der Waals surface area contributed by atoms with Crippen molar-refractivity contribution in [3.8, 4) is 17.2 Å². The molecule has 9 heteroatoms. The largest absolute Gasteiger partial charge is 0.785 e. The number of hydroxylamine groups is 2. The van der Waals surface area contributed by atoms with Crippen LogP contribution >= 0.6 is 0 Å². The molecule has 0 radical (unpaired) electrons. The van der Waals surface area contributed by atoms with E-state index in [0.29, 0.717) is 76.1 Å². The van der Waals surface area contributed by atoms with Crippen LogP contribution in [0.1, 0.15) is 39.5 Å². The molecule has 1 aliphatic rings. The SMILES string of the molecule is COc1cc2c(cc1OC)C(CCc1ccc(NC(=O)c3cccc4c(=O)c5cccc(OC)c5[nH]c34)cc1)N([O-])CC2. The fourth-order valence-corrected chi connectivity index (χ4v) is 5.92. The second-order valence-electron chi connectivity index (χ2n) is 10.6. The van der Waals surface area contributed by atoms with Crippen LogP contribution in [0.5, 0.6) is 17.2 Å². The number of aryl methyl sites for hydroxylation is 1. The summed E-state index contributed by atoms with van der Waals surface area (Å²) < 4.78 is 16.4. The molecule has 43 heavy (non-hydrogen) atoms. The number of aromatic amines is 1. The van der Waals surface area contributed by atoms with Crippen LogP contribution in [0.2, 0.25) is 0 Å². The van der Waals surface area contributed by atoms with E-state index in [2.05, 4.69) is 10.3 Å². The second kappa shape index (κ2) is 11.8. The van der Waals surface area contributed by atoms with Gasteiger partial charge in [-0.25, -0.2) is 0 Å². The minimum absolute atomic E-state index is 0.170. The van der Waals surface area contributed by atoms with Gasteiger partial charge in [0.05, 0.1) is 37.9 Å². The number of amides is 1. The first-order chi connectivity index (χ1) is 20.9. The normalized spacial score (nSPS) is 14.8. The smallest absolute Gasteiger partial charge is 0.257 e. The molecule has 0 spiro atoms. The molecule has 0 fully saturated rings. The molecule has 9 nitrogen and oxygen atoms in total. The second-order valence-corrected chi connectivity index (χ2v) is 10.6. The number of aromatic nitrogens is 1. The zero-order valence-electron chi connectivity index (χ0n) is 24.2. The predicted octanol–water partition coefficient (Wildman–Crippen LogP) is 5.99. The van der Waals surface area contributed by atoms with E-state index in [4.69, 9.17) is 14.2 Å². The lowest BCUT2D eigenvalue weighted by molar-refractivity contribution is 0.102. The molecule has 1 atom stereocenters. The minimum atomic E-state index is -0.339. The number of pyridine rings is 1. The number of fused-ring (bicyclic) bond motifs is 3. The highest BCUT2D eigenvalue weighted by atomic mass is 16.5. The Labute approximate surface area is 248 Å². The number of H-pyrrole nitrogens is 1. The Kier molecular flexibility index (Phi) is 7.75. The molecule has 1 unspecified atom stereocenters. The summed E-state index contributed by atoms with van der Waals surface area (Å²) in [7, 11) is 4.74. The zero-order chi connectivity index (χ0) is 30.1. The molecule has 0 aliphatic carbocycles. The Morgan fingerprint density at radius 3 is 2.30 bits per heavy atom. The van der Waals surface area contributed by atoms with Gasteiger partial charge in [0, 0.05) is 22.5 Å². The molecule has 6 rings (SSSR count). The zero-order valence-corrected chi connectivity index (χ0v) is 24.2. The molecule has 220 valence electrons. The monoisotopic (exact) mass is 578 g/mol. The van der Waals surface area contributed by atoms with Crippen molar-refractivity contribution < 1.29 is 19.0 Å². The third-order valence-corrected chi connectivity index (χ3v) is 8.17. The molecule has 2 N–H and O–H groups in total. The summed E-state index contributed by atoms with van der Waals surface area (Å²) in [5, 5.41) is 17.9. The number of nitrogens with zero attached hydrogens (tertiary/aromatic N) is 1. The topological polar surface area (TPSA) is 116 Å². The first-order valence-electron chi connectivity index (χ1n) is 14.1. The molecule has 1 aromatic heterocycles. The summed E-state index contributed by atoms with van der Waals surface area (Å²) in [6, 6.07) is 21.6. The summed E-state index contributed by atoms with van der Waals surface area (Å²) in [5.74, 6) is 1.47. The van der Waals surface area contributed by atoms with Gasteiger partial charge in [0.25, 0.3) is 5.91 Å². The van der Waals surface area contributed by atoms with Crippen LogP contribution in [-0.2, 0) is 12.8 Å². The third-order valence-electron chi connectivity index (χ3n) is 8.17. The van der Waals surface area contributed by atoms with E-state index < -0.39 is 0 Å². The van der Waals surface area contributed by atoms with Crippen LogP contribution in [0.4, 0.5) is 5.69 Å². The van der Waals surface area contributed by atoms with Gasteiger partial charge in [0.2, 0.25) is 0 Å². The van der Waals surface area contributed by atoms with E-state index in [1.807, 2.05) is 36.4 Å². The molecule has 0 bridgehead atoms. The molecule has 1 aliphatic heterocycles. The Hall–Kier alpha value is -4.86. The van der Waals surface area contributed by atoms with Crippen molar-refractivity contribution >= 4 is 33.4 Å². The minimum Gasteiger partial charge on any atom is -0.785 e. The highest BCUT2D eigenvalue weighted by molar-refractivity contribution is 6.13. The number of hydrogen-bond acceptors (Lipinski definition) is 7. The molecular weight excluding hydrogens is 546 g/mol. The molecule has 1 amide bonds. The van der Waals surface area contributed by atoms with Crippen LogP contribution < -0.4 is 25.0 Å². The maximum absolute atomic E-state index is 13.4. The van der Waals surface area contributed by atoms with Crippen molar-refractivity contribution in [3.63, 3.8) is 0 Å². The van der Waals surface area contributed by atoms with Crippen molar-refractivity contribution in [3.05, 3.63) is 110 Å². The highest BCUT2D eigenvalue weighted by Crippen LogP contribution is 2.39. The van der Waals surface area contributed by atoms with Crippen LogP contribution in [0, 0.1) is 5.21 Å². The Morgan fingerprint density at radius 2 is 1.58 bits per heavy atom. The number of carbonyl (C=O) groups is 1. The Bertz CT molecular complexity index is 1880. The molecule has 4 aromatic carbocycles. The summed E-state index contributed by atoms with van der Waals surface area (Å²) >= 11 is 0. The number of benzene rings is 4. The van der Waals surface area contributed by atoms with Gasteiger partial charge in [0.1, 0.15) is 5.75 Å².